The molecule has 3 aromatic carbocycles. The van der Waals surface area contributed by atoms with E-state index in [-0.39, 0.29) is 5.82 Å². The lowest BCUT2D eigenvalue weighted by Gasteiger charge is -2.23. The van der Waals surface area contributed by atoms with E-state index in [9.17, 15) is 4.39 Å². The lowest BCUT2D eigenvalue weighted by atomic mass is 10.0. The van der Waals surface area contributed by atoms with Crippen molar-refractivity contribution in [1.82, 2.24) is 10.2 Å². The first-order valence-corrected chi connectivity index (χ1v) is 11.1. The van der Waals surface area contributed by atoms with Crippen molar-refractivity contribution in [3.05, 3.63) is 76.6 Å². The molecule has 0 spiro atoms. The minimum absolute atomic E-state index is 0.302. The van der Waals surface area contributed by atoms with Crippen molar-refractivity contribution in [2.75, 3.05) is 19.6 Å². The highest BCUT2D eigenvalue weighted by Crippen LogP contribution is 2.30. The summed E-state index contributed by atoms with van der Waals surface area (Å²) in [6.45, 7) is 6.55. The Morgan fingerprint density at radius 1 is 1.17 bits per heavy atom. The molecular formula is C25H28ClFN2O. The molecule has 1 fully saturated rings. The molecule has 0 aliphatic carbocycles. The smallest absolute Gasteiger partial charge is 0.124 e. The summed E-state index contributed by atoms with van der Waals surface area (Å²) in [6, 6.07) is 17.5. The van der Waals surface area contributed by atoms with Gasteiger partial charge in [0, 0.05) is 30.3 Å². The maximum absolute atomic E-state index is 13.3. The van der Waals surface area contributed by atoms with Crippen molar-refractivity contribution in [1.29, 1.82) is 0 Å². The summed E-state index contributed by atoms with van der Waals surface area (Å²) in [4.78, 5) is 2.55. The van der Waals surface area contributed by atoms with Gasteiger partial charge in [0.05, 0.1) is 5.02 Å². The fraction of sp³-hybridized carbons (Fsp3) is 0.360. The highest BCUT2D eigenvalue weighted by molar-refractivity contribution is 6.31. The lowest BCUT2D eigenvalue weighted by Crippen LogP contribution is -2.37. The summed E-state index contributed by atoms with van der Waals surface area (Å²) < 4.78 is 19.5. The number of hydrogen-bond acceptors (Lipinski definition) is 3. The third-order valence-electron chi connectivity index (χ3n) is 5.98. The van der Waals surface area contributed by atoms with Gasteiger partial charge in [-0.3, -0.25) is 4.90 Å². The molecule has 3 nitrogen and oxygen atoms in total. The Bertz CT molecular complexity index is 1010. The van der Waals surface area contributed by atoms with Gasteiger partial charge in [0.1, 0.15) is 18.2 Å². The Hall–Kier alpha value is -2.14. The van der Waals surface area contributed by atoms with Gasteiger partial charge in [-0.15, -0.1) is 0 Å². The van der Waals surface area contributed by atoms with E-state index in [1.54, 1.807) is 6.07 Å². The average Bonchev–Trinajstić information content (AvgIpc) is 3.21. The molecular weight excluding hydrogens is 399 g/mol. The predicted molar refractivity (Wildman–Crippen MR) is 122 cm³/mol. The van der Waals surface area contributed by atoms with Crippen molar-refractivity contribution in [3.8, 4) is 5.75 Å². The number of likely N-dealkylation sites (tertiary alicyclic amines) is 1. The van der Waals surface area contributed by atoms with E-state index in [0.717, 1.165) is 36.5 Å². The van der Waals surface area contributed by atoms with Gasteiger partial charge in [-0.1, -0.05) is 54.9 Å². The molecule has 0 radical (unpaired) electrons. The van der Waals surface area contributed by atoms with Crippen LogP contribution in [-0.2, 0) is 13.2 Å². The molecule has 0 amide bonds. The molecule has 1 aliphatic rings. The highest BCUT2D eigenvalue weighted by Gasteiger charge is 2.22. The van der Waals surface area contributed by atoms with Crippen LogP contribution in [0.25, 0.3) is 10.8 Å². The van der Waals surface area contributed by atoms with Crippen LogP contribution in [0.15, 0.2) is 54.6 Å². The zero-order valence-corrected chi connectivity index (χ0v) is 18.1. The second-order valence-corrected chi connectivity index (χ2v) is 8.25. The third-order valence-corrected chi connectivity index (χ3v) is 6.33. The number of likely N-dealkylation sites (N-methyl/N-ethyl adjacent to an activating group) is 1. The summed E-state index contributed by atoms with van der Waals surface area (Å²) in [6.07, 6.45) is 2.53. The summed E-state index contributed by atoms with van der Waals surface area (Å²) in [7, 11) is 0. The van der Waals surface area contributed by atoms with E-state index < -0.39 is 0 Å². The van der Waals surface area contributed by atoms with Crippen molar-refractivity contribution in [3.63, 3.8) is 0 Å². The number of rotatable bonds is 8. The van der Waals surface area contributed by atoms with Crippen LogP contribution in [0.3, 0.4) is 0 Å². The molecule has 3 aromatic rings. The normalized spacial score (nSPS) is 17.0. The Morgan fingerprint density at radius 3 is 2.87 bits per heavy atom. The molecule has 1 unspecified atom stereocenters. The molecule has 1 heterocycles. The van der Waals surface area contributed by atoms with Crippen molar-refractivity contribution >= 4 is 22.4 Å². The third kappa shape index (κ3) is 4.77. The number of ether oxygens (including phenoxy) is 1. The van der Waals surface area contributed by atoms with Crippen LogP contribution in [0.5, 0.6) is 5.75 Å². The first-order valence-electron chi connectivity index (χ1n) is 10.7. The first-order chi connectivity index (χ1) is 14.7. The van der Waals surface area contributed by atoms with Gasteiger partial charge >= 0.3 is 0 Å². The quantitative estimate of drug-likeness (QED) is 0.493. The van der Waals surface area contributed by atoms with Gasteiger partial charge < -0.3 is 10.1 Å². The van der Waals surface area contributed by atoms with Crippen LogP contribution >= 0.6 is 11.6 Å². The maximum atomic E-state index is 13.3. The van der Waals surface area contributed by atoms with Crippen molar-refractivity contribution < 1.29 is 9.13 Å². The summed E-state index contributed by atoms with van der Waals surface area (Å²) in [5, 5.41) is 6.42. The number of benzene rings is 3. The van der Waals surface area contributed by atoms with Crippen LogP contribution in [-0.4, -0.2) is 30.6 Å². The van der Waals surface area contributed by atoms with Crippen LogP contribution in [0.4, 0.5) is 4.39 Å². The van der Waals surface area contributed by atoms with Gasteiger partial charge in [-0.2, -0.15) is 0 Å². The van der Waals surface area contributed by atoms with Gasteiger partial charge in [0.15, 0.2) is 0 Å². The Morgan fingerprint density at radius 2 is 2.03 bits per heavy atom. The zero-order chi connectivity index (χ0) is 20.9. The highest BCUT2D eigenvalue weighted by atomic mass is 35.5. The Kier molecular flexibility index (Phi) is 6.88. The van der Waals surface area contributed by atoms with Crippen LogP contribution in [0.1, 0.15) is 30.9 Å². The van der Waals surface area contributed by atoms with Crippen LogP contribution < -0.4 is 10.1 Å². The fourth-order valence-corrected chi connectivity index (χ4v) is 4.56. The topological polar surface area (TPSA) is 24.5 Å². The number of halogens is 2. The average molecular weight is 427 g/mol. The predicted octanol–water partition coefficient (Wildman–Crippen LogP) is 5.79. The Balaban J connectivity index is 1.52. The minimum atomic E-state index is -0.340. The number of fused-ring (bicyclic) bond motifs is 1. The molecule has 1 atom stereocenters. The van der Waals surface area contributed by atoms with E-state index in [1.807, 2.05) is 6.07 Å². The van der Waals surface area contributed by atoms with Crippen molar-refractivity contribution in [2.45, 2.75) is 39.0 Å². The molecule has 158 valence electrons. The van der Waals surface area contributed by atoms with Crippen molar-refractivity contribution in [2.24, 2.45) is 0 Å². The molecule has 1 saturated heterocycles. The first kappa shape index (κ1) is 21.1. The summed E-state index contributed by atoms with van der Waals surface area (Å²) >= 11 is 6.18. The van der Waals surface area contributed by atoms with Gasteiger partial charge in [-0.05, 0) is 54.9 Å². The van der Waals surface area contributed by atoms with E-state index in [2.05, 4.69) is 47.5 Å². The molecule has 0 bridgehead atoms. The van der Waals surface area contributed by atoms with E-state index in [1.165, 1.54) is 42.3 Å². The SMILES string of the molecule is CCN1CCCC1CNCc1c(OCc2ccc(F)cc2Cl)ccc2ccccc12. The van der Waals surface area contributed by atoms with Gasteiger partial charge in [0.25, 0.3) is 0 Å². The second-order valence-electron chi connectivity index (χ2n) is 7.84. The molecule has 5 heteroatoms. The fourth-order valence-electron chi connectivity index (χ4n) is 4.33. The van der Waals surface area contributed by atoms with Gasteiger partial charge in [0.2, 0.25) is 0 Å². The van der Waals surface area contributed by atoms with Crippen LogP contribution in [0, 0.1) is 5.82 Å². The zero-order valence-electron chi connectivity index (χ0n) is 17.3. The monoisotopic (exact) mass is 426 g/mol. The minimum Gasteiger partial charge on any atom is -0.488 e. The van der Waals surface area contributed by atoms with E-state index in [4.69, 9.17) is 16.3 Å². The van der Waals surface area contributed by atoms with Crippen LogP contribution in [0.2, 0.25) is 5.02 Å². The second kappa shape index (κ2) is 9.78. The summed E-state index contributed by atoms with van der Waals surface area (Å²) in [5.41, 5.74) is 1.92. The molecule has 30 heavy (non-hydrogen) atoms. The summed E-state index contributed by atoms with van der Waals surface area (Å²) in [5.74, 6) is 0.493. The van der Waals surface area contributed by atoms with E-state index in [0.29, 0.717) is 17.7 Å². The van der Waals surface area contributed by atoms with E-state index >= 15 is 0 Å². The molecule has 4 rings (SSSR count). The number of nitrogens with one attached hydrogen (secondary N) is 1. The van der Waals surface area contributed by atoms with Gasteiger partial charge in [-0.25, -0.2) is 4.39 Å². The largest absolute Gasteiger partial charge is 0.488 e. The number of nitrogens with zero attached hydrogens (tertiary/aromatic N) is 1. The lowest BCUT2D eigenvalue weighted by molar-refractivity contribution is 0.259. The molecule has 0 aromatic heterocycles. The Labute approximate surface area is 182 Å². The standard InChI is InChI=1S/C25H28ClFN2O/c1-2-29-13-5-7-21(29)15-28-16-23-22-8-4-3-6-18(22)10-12-25(23)30-17-19-9-11-20(27)14-24(19)26/h3-4,6,8-12,14,21,28H,2,5,7,13,15-17H2,1H3. The number of hydrogen-bond donors (Lipinski definition) is 1. The molecule has 1 N–H and O–H groups in total. The molecule has 1 aliphatic heterocycles. The molecule has 0 saturated carbocycles. The maximum Gasteiger partial charge on any atom is 0.124 e.